The molecule has 2 amide bonds. The molecule has 154 valence electrons. The summed E-state index contributed by atoms with van der Waals surface area (Å²) in [5, 5.41) is 7.24. The molecule has 0 spiro atoms. The van der Waals surface area contributed by atoms with E-state index in [9.17, 15) is 4.79 Å². The highest BCUT2D eigenvalue weighted by molar-refractivity contribution is 6.32. The Bertz CT molecular complexity index is 980. The van der Waals surface area contributed by atoms with Gasteiger partial charge in [0.1, 0.15) is 11.5 Å². The molecular formula is C23H22ClN3O3. The second kappa shape index (κ2) is 11.5. The third kappa shape index (κ3) is 7.14. The van der Waals surface area contributed by atoms with Crippen LogP contribution < -0.4 is 20.2 Å². The van der Waals surface area contributed by atoms with Crippen LogP contribution in [-0.4, -0.2) is 25.5 Å². The number of hydrogen-bond acceptors (Lipinski definition) is 4. The average Bonchev–Trinajstić information content (AvgIpc) is 2.76. The maximum Gasteiger partial charge on any atom is 0.339 e. The highest BCUT2D eigenvalue weighted by Crippen LogP contribution is 2.23. The molecule has 3 aromatic carbocycles. The first-order chi connectivity index (χ1) is 14.7. The Labute approximate surface area is 180 Å². The summed E-state index contributed by atoms with van der Waals surface area (Å²) in [6, 6.07) is 23.5. The number of ether oxygens (including phenoxy) is 2. The third-order valence-electron chi connectivity index (χ3n) is 3.92. The Balaban J connectivity index is 1.39. The number of nitrogens with zero attached hydrogens (tertiary/aromatic N) is 1. The fraction of sp³-hybridized carbons (Fsp3) is 0.130. The Morgan fingerprint density at radius 3 is 2.53 bits per heavy atom. The first-order valence-corrected chi connectivity index (χ1v) is 9.84. The number of anilines is 1. The van der Waals surface area contributed by atoms with Gasteiger partial charge in [0, 0.05) is 12.1 Å². The van der Waals surface area contributed by atoms with E-state index in [0.29, 0.717) is 41.8 Å². The van der Waals surface area contributed by atoms with Gasteiger partial charge < -0.3 is 14.8 Å². The Morgan fingerprint density at radius 1 is 0.933 bits per heavy atom. The van der Waals surface area contributed by atoms with Crippen LogP contribution in [0.3, 0.4) is 0 Å². The minimum Gasteiger partial charge on any atom is -0.493 e. The normalized spacial score (nSPS) is 10.6. The van der Waals surface area contributed by atoms with E-state index < -0.39 is 6.03 Å². The van der Waals surface area contributed by atoms with Crippen molar-refractivity contribution in [2.75, 3.05) is 18.5 Å². The minimum absolute atomic E-state index is 0.414. The zero-order chi connectivity index (χ0) is 21.0. The maximum atomic E-state index is 11.8. The van der Waals surface area contributed by atoms with Crippen LogP contribution >= 0.6 is 11.6 Å². The maximum absolute atomic E-state index is 11.8. The van der Waals surface area contributed by atoms with Crippen molar-refractivity contribution in [3.05, 3.63) is 89.4 Å². The molecule has 0 aliphatic carbocycles. The van der Waals surface area contributed by atoms with E-state index >= 15 is 0 Å². The summed E-state index contributed by atoms with van der Waals surface area (Å²) in [5.74, 6) is 1.38. The molecule has 0 aliphatic heterocycles. The topological polar surface area (TPSA) is 72.0 Å². The molecule has 3 rings (SSSR count). The molecule has 30 heavy (non-hydrogen) atoms. The van der Waals surface area contributed by atoms with Crippen molar-refractivity contribution < 1.29 is 14.3 Å². The summed E-state index contributed by atoms with van der Waals surface area (Å²) in [4.78, 5) is 11.8. The fourth-order valence-corrected chi connectivity index (χ4v) is 2.71. The van der Waals surface area contributed by atoms with Gasteiger partial charge in [0.05, 0.1) is 24.5 Å². The minimum atomic E-state index is -0.414. The number of halogens is 1. The van der Waals surface area contributed by atoms with E-state index in [2.05, 4.69) is 15.8 Å². The van der Waals surface area contributed by atoms with Crippen molar-refractivity contribution in [2.45, 2.75) is 6.42 Å². The standard InChI is InChI=1S/C23H22ClN3O3/c24-21-12-4-5-13-22(21)30-15-7-14-29-20-11-6-8-18(16-20)17-25-27-23(28)26-19-9-2-1-3-10-19/h1-6,8-13,16-17H,7,14-15H2,(H2,26,27,28)/b25-17-. The lowest BCUT2D eigenvalue weighted by molar-refractivity contribution is 0.247. The van der Waals surface area contributed by atoms with E-state index in [4.69, 9.17) is 21.1 Å². The van der Waals surface area contributed by atoms with Crippen molar-refractivity contribution in [1.29, 1.82) is 0 Å². The lowest BCUT2D eigenvalue weighted by Gasteiger charge is -2.09. The molecule has 6 nitrogen and oxygen atoms in total. The molecule has 2 N–H and O–H groups in total. The van der Waals surface area contributed by atoms with Crippen LogP contribution in [0.5, 0.6) is 11.5 Å². The number of nitrogens with one attached hydrogen (secondary N) is 2. The lowest BCUT2D eigenvalue weighted by atomic mass is 10.2. The molecular weight excluding hydrogens is 402 g/mol. The largest absolute Gasteiger partial charge is 0.493 e. The van der Waals surface area contributed by atoms with E-state index in [1.54, 1.807) is 24.4 Å². The first kappa shape index (κ1) is 21.2. The highest BCUT2D eigenvalue weighted by Gasteiger charge is 2.01. The van der Waals surface area contributed by atoms with E-state index in [1.807, 2.05) is 60.7 Å². The fourth-order valence-electron chi connectivity index (χ4n) is 2.52. The lowest BCUT2D eigenvalue weighted by Crippen LogP contribution is -2.24. The summed E-state index contributed by atoms with van der Waals surface area (Å²) in [5.41, 5.74) is 3.93. The summed E-state index contributed by atoms with van der Waals surface area (Å²) < 4.78 is 11.4. The van der Waals surface area contributed by atoms with Gasteiger partial charge >= 0.3 is 6.03 Å². The SMILES string of the molecule is O=C(N/N=C\c1cccc(OCCCOc2ccccc2Cl)c1)Nc1ccccc1. The zero-order valence-corrected chi connectivity index (χ0v) is 17.0. The predicted octanol–water partition coefficient (Wildman–Crippen LogP) is 5.34. The molecule has 0 saturated heterocycles. The number of hydrogen-bond donors (Lipinski definition) is 2. The van der Waals surface area contributed by atoms with Crippen LogP contribution in [0.1, 0.15) is 12.0 Å². The molecule has 0 heterocycles. The molecule has 0 fully saturated rings. The van der Waals surface area contributed by atoms with Gasteiger partial charge in [0.2, 0.25) is 0 Å². The van der Waals surface area contributed by atoms with Crippen molar-refractivity contribution in [3.8, 4) is 11.5 Å². The first-order valence-electron chi connectivity index (χ1n) is 9.46. The molecule has 0 aliphatic rings. The quantitative estimate of drug-likeness (QED) is 0.277. The monoisotopic (exact) mass is 423 g/mol. The summed E-state index contributed by atoms with van der Waals surface area (Å²) in [6.07, 6.45) is 2.27. The van der Waals surface area contributed by atoms with Crippen LogP contribution in [0, 0.1) is 0 Å². The number of hydrazone groups is 1. The van der Waals surface area contributed by atoms with Crippen molar-refractivity contribution in [2.24, 2.45) is 5.10 Å². The Morgan fingerprint density at radius 2 is 1.70 bits per heavy atom. The molecule has 0 unspecified atom stereocenters. The molecule has 3 aromatic rings. The zero-order valence-electron chi connectivity index (χ0n) is 16.3. The third-order valence-corrected chi connectivity index (χ3v) is 4.23. The Hall–Kier alpha value is -3.51. The van der Waals surface area contributed by atoms with Gasteiger partial charge in [-0.3, -0.25) is 0 Å². The predicted molar refractivity (Wildman–Crippen MR) is 120 cm³/mol. The van der Waals surface area contributed by atoms with Crippen molar-refractivity contribution >= 4 is 29.5 Å². The number of amides is 2. The smallest absolute Gasteiger partial charge is 0.339 e. The average molecular weight is 424 g/mol. The molecule has 0 saturated carbocycles. The molecule has 0 atom stereocenters. The van der Waals surface area contributed by atoms with Crippen molar-refractivity contribution in [1.82, 2.24) is 5.43 Å². The van der Waals surface area contributed by atoms with Gasteiger partial charge in [-0.2, -0.15) is 5.10 Å². The van der Waals surface area contributed by atoms with Crippen molar-refractivity contribution in [3.63, 3.8) is 0 Å². The van der Waals surface area contributed by atoms with Crippen LogP contribution in [0.2, 0.25) is 5.02 Å². The molecule has 0 aromatic heterocycles. The van der Waals surface area contributed by atoms with Crippen LogP contribution in [0.25, 0.3) is 0 Å². The molecule has 7 heteroatoms. The number of rotatable bonds is 9. The van der Waals surface area contributed by atoms with E-state index in [1.165, 1.54) is 0 Å². The number of carbonyl (C=O) groups excluding carboxylic acids is 1. The van der Waals surface area contributed by atoms with Gasteiger partial charge in [-0.05, 0) is 42.0 Å². The van der Waals surface area contributed by atoms with E-state index in [-0.39, 0.29) is 0 Å². The van der Waals surface area contributed by atoms with Crippen LogP contribution in [-0.2, 0) is 0 Å². The Kier molecular flexibility index (Phi) is 8.12. The summed E-state index contributed by atoms with van der Waals surface area (Å²) in [7, 11) is 0. The van der Waals surface area contributed by atoms with Crippen LogP contribution in [0.4, 0.5) is 10.5 Å². The number of para-hydroxylation sites is 2. The van der Waals surface area contributed by atoms with Gasteiger partial charge in [0.25, 0.3) is 0 Å². The molecule has 0 bridgehead atoms. The van der Waals surface area contributed by atoms with Gasteiger partial charge in [-0.25, -0.2) is 10.2 Å². The number of urea groups is 1. The van der Waals surface area contributed by atoms with Crippen LogP contribution in [0.15, 0.2) is 84.0 Å². The summed E-state index contributed by atoms with van der Waals surface area (Å²) in [6.45, 7) is 1.01. The summed E-state index contributed by atoms with van der Waals surface area (Å²) >= 11 is 6.05. The van der Waals surface area contributed by atoms with Gasteiger partial charge in [-0.15, -0.1) is 0 Å². The second-order valence-electron chi connectivity index (χ2n) is 6.24. The van der Waals surface area contributed by atoms with Gasteiger partial charge in [0.15, 0.2) is 0 Å². The van der Waals surface area contributed by atoms with Gasteiger partial charge in [-0.1, -0.05) is 54.1 Å². The number of benzene rings is 3. The number of carbonyl (C=O) groups is 1. The highest BCUT2D eigenvalue weighted by atomic mass is 35.5. The van der Waals surface area contributed by atoms with E-state index in [0.717, 1.165) is 5.56 Å². The molecule has 0 radical (unpaired) electrons. The second-order valence-corrected chi connectivity index (χ2v) is 6.65.